The van der Waals surface area contributed by atoms with E-state index in [9.17, 15) is 20.1 Å². The Labute approximate surface area is 306 Å². The van der Waals surface area contributed by atoms with Crippen LogP contribution in [0.1, 0.15) is 81.3 Å². The SMILES string of the molecule is C=CCO[C@@]12Oc3ccc(O)cc3[C@H]3[C@H](CCCCO)[C@@H](CCCCO)C=C(C(=NOC4CCCCO4)C[C@@H]1N(C)C(=O)OCc1ccccc1)[C@H]32. The lowest BCUT2D eigenvalue weighted by Crippen LogP contribution is -2.69. The van der Waals surface area contributed by atoms with Gasteiger partial charge >= 0.3 is 6.09 Å². The summed E-state index contributed by atoms with van der Waals surface area (Å²) >= 11 is 0. The monoisotopic (exact) mass is 718 g/mol. The molecule has 4 aliphatic rings. The van der Waals surface area contributed by atoms with Crippen molar-refractivity contribution in [2.24, 2.45) is 22.9 Å². The predicted octanol–water partition coefficient (Wildman–Crippen LogP) is 6.82. The number of hydrogen-bond acceptors (Lipinski definition) is 10. The van der Waals surface area contributed by atoms with E-state index in [0.29, 0.717) is 30.9 Å². The molecule has 1 saturated carbocycles. The molecule has 0 aromatic heterocycles. The van der Waals surface area contributed by atoms with Gasteiger partial charge in [0.2, 0.25) is 12.1 Å². The Morgan fingerprint density at radius 2 is 1.87 bits per heavy atom. The number of oxime groups is 1. The Kier molecular flexibility index (Phi) is 12.9. The molecule has 0 bridgehead atoms. The van der Waals surface area contributed by atoms with Crippen LogP contribution >= 0.6 is 0 Å². The zero-order valence-electron chi connectivity index (χ0n) is 30.2. The van der Waals surface area contributed by atoms with E-state index in [1.807, 2.05) is 30.3 Å². The van der Waals surface area contributed by atoms with Gasteiger partial charge in [-0.3, -0.25) is 0 Å². The van der Waals surface area contributed by atoms with Crippen LogP contribution in [0.5, 0.6) is 11.5 Å². The van der Waals surface area contributed by atoms with E-state index in [1.165, 1.54) is 0 Å². The number of nitrogens with zero attached hydrogens (tertiary/aromatic N) is 2. The maximum Gasteiger partial charge on any atom is 0.410 e. The Balaban J connectivity index is 1.49. The number of carbonyl (C=O) groups is 1. The number of phenolic OH excluding ortho intramolecular Hbond substituents is 1. The number of aliphatic hydroxyl groups is 2. The molecule has 2 heterocycles. The molecular weight excluding hydrogens is 664 g/mol. The highest BCUT2D eigenvalue weighted by atomic mass is 16.8. The van der Waals surface area contributed by atoms with Gasteiger partial charge in [-0.2, -0.15) is 0 Å². The number of unbranched alkanes of at least 4 members (excludes halogenated alkanes) is 2. The minimum atomic E-state index is -1.39. The second kappa shape index (κ2) is 17.7. The highest BCUT2D eigenvalue weighted by Crippen LogP contribution is 2.61. The Bertz CT molecular complexity index is 1560. The van der Waals surface area contributed by atoms with Crippen LogP contribution in [-0.2, 0) is 25.7 Å². The van der Waals surface area contributed by atoms with Gasteiger partial charge in [-0.1, -0.05) is 60.5 Å². The van der Waals surface area contributed by atoms with Crippen LogP contribution in [0.3, 0.4) is 0 Å². The first-order chi connectivity index (χ1) is 25.4. The third-order valence-electron chi connectivity index (χ3n) is 11.0. The number of ether oxygens (including phenoxy) is 4. The molecular formula is C41H54N2O9. The van der Waals surface area contributed by atoms with Crippen LogP contribution < -0.4 is 4.74 Å². The largest absolute Gasteiger partial charge is 0.508 e. The molecule has 2 aliphatic heterocycles. The third kappa shape index (κ3) is 8.17. The number of benzene rings is 2. The Hall–Kier alpha value is -3.90. The smallest absolute Gasteiger partial charge is 0.410 e. The first-order valence-electron chi connectivity index (χ1n) is 18.9. The second-order valence-electron chi connectivity index (χ2n) is 14.3. The summed E-state index contributed by atoms with van der Waals surface area (Å²) in [5.74, 6) is -1.21. The summed E-state index contributed by atoms with van der Waals surface area (Å²) in [5, 5.41) is 35.2. The molecule has 1 unspecified atom stereocenters. The second-order valence-corrected chi connectivity index (χ2v) is 14.3. The Morgan fingerprint density at radius 3 is 2.60 bits per heavy atom. The van der Waals surface area contributed by atoms with Gasteiger partial charge in [0.05, 0.1) is 24.8 Å². The van der Waals surface area contributed by atoms with Gasteiger partial charge in [0.25, 0.3) is 0 Å². The average molecular weight is 719 g/mol. The van der Waals surface area contributed by atoms with Gasteiger partial charge in [-0.15, -0.1) is 6.58 Å². The van der Waals surface area contributed by atoms with Crippen LogP contribution in [0.25, 0.3) is 0 Å². The fourth-order valence-electron chi connectivity index (χ4n) is 8.60. The normalized spacial score (nSPS) is 28.5. The molecule has 2 fully saturated rings. The van der Waals surface area contributed by atoms with Crippen LogP contribution in [0, 0.1) is 17.8 Å². The number of allylic oxidation sites excluding steroid dienone is 1. The Morgan fingerprint density at radius 1 is 1.08 bits per heavy atom. The molecule has 11 nitrogen and oxygen atoms in total. The van der Waals surface area contributed by atoms with Gasteiger partial charge in [-0.05, 0) is 79.7 Å². The third-order valence-corrected chi connectivity index (χ3v) is 11.0. The first kappa shape index (κ1) is 37.8. The van der Waals surface area contributed by atoms with Crippen molar-refractivity contribution in [1.29, 1.82) is 0 Å². The van der Waals surface area contributed by atoms with Gasteiger partial charge in [0.15, 0.2) is 0 Å². The van der Waals surface area contributed by atoms with Crippen LogP contribution in [-0.4, -0.2) is 83.6 Å². The summed E-state index contributed by atoms with van der Waals surface area (Å²) in [4.78, 5) is 21.7. The lowest BCUT2D eigenvalue weighted by Gasteiger charge is -2.59. The van der Waals surface area contributed by atoms with Crippen molar-refractivity contribution in [3.05, 3.63) is 84.0 Å². The van der Waals surface area contributed by atoms with E-state index >= 15 is 0 Å². The topological polar surface area (TPSA) is 140 Å². The predicted molar refractivity (Wildman–Crippen MR) is 196 cm³/mol. The highest BCUT2D eigenvalue weighted by molar-refractivity contribution is 6.02. The number of aromatic hydroxyl groups is 1. The summed E-state index contributed by atoms with van der Waals surface area (Å²) in [6, 6.07) is 14.0. The molecule has 2 aromatic rings. The van der Waals surface area contributed by atoms with Crippen molar-refractivity contribution >= 4 is 11.8 Å². The van der Waals surface area contributed by atoms with Gasteiger partial charge in [0, 0.05) is 44.6 Å². The number of aliphatic hydroxyl groups excluding tert-OH is 2. The molecule has 0 spiro atoms. The lowest BCUT2D eigenvalue weighted by atomic mass is 9.55. The number of amides is 1. The van der Waals surface area contributed by atoms with Crippen LogP contribution in [0.15, 0.2) is 78.0 Å². The minimum Gasteiger partial charge on any atom is -0.508 e. The summed E-state index contributed by atoms with van der Waals surface area (Å²) in [5.41, 5.74) is 3.34. The number of hydrogen-bond donors (Lipinski definition) is 3. The molecule has 1 saturated heterocycles. The highest BCUT2D eigenvalue weighted by Gasteiger charge is 2.65. The molecule has 11 heteroatoms. The maximum absolute atomic E-state index is 14.0. The molecule has 52 heavy (non-hydrogen) atoms. The van der Waals surface area contributed by atoms with Gasteiger partial charge < -0.3 is 44.0 Å². The van der Waals surface area contributed by atoms with Crippen LogP contribution in [0.2, 0.25) is 0 Å². The first-order valence-corrected chi connectivity index (χ1v) is 18.9. The number of carbonyl (C=O) groups excluding carboxylic acids is 1. The summed E-state index contributed by atoms with van der Waals surface area (Å²) < 4.78 is 25.7. The van der Waals surface area contributed by atoms with E-state index < -0.39 is 30.1 Å². The molecule has 282 valence electrons. The van der Waals surface area contributed by atoms with Crippen molar-refractivity contribution < 1.29 is 43.9 Å². The number of fused-ring (bicyclic) bond motifs is 2. The summed E-state index contributed by atoms with van der Waals surface area (Å²) in [6.07, 6.45) is 10.5. The number of phenols is 1. The van der Waals surface area contributed by atoms with Crippen molar-refractivity contribution in [2.75, 3.05) is 33.5 Å². The van der Waals surface area contributed by atoms with Gasteiger partial charge in [0.1, 0.15) is 24.1 Å². The zero-order chi connectivity index (χ0) is 36.5. The van der Waals surface area contributed by atoms with E-state index in [4.69, 9.17) is 28.9 Å². The van der Waals surface area contributed by atoms with Crippen molar-refractivity contribution in [3.63, 3.8) is 0 Å². The van der Waals surface area contributed by atoms with Gasteiger partial charge in [-0.25, -0.2) is 4.79 Å². The van der Waals surface area contributed by atoms with E-state index in [2.05, 4.69) is 12.7 Å². The zero-order valence-corrected chi connectivity index (χ0v) is 30.2. The molecule has 7 atom stereocenters. The maximum atomic E-state index is 14.0. The molecule has 2 aromatic carbocycles. The molecule has 6 rings (SSSR count). The lowest BCUT2D eigenvalue weighted by molar-refractivity contribution is -0.254. The van der Waals surface area contributed by atoms with E-state index in [-0.39, 0.29) is 56.4 Å². The van der Waals surface area contributed by atoms with Crippen molar-refractivity contribution in [1.82, 2.24) is 4.90 Å². The van der Waals surface area contributed by atoms with E-state index in [1.54, 1.807) is 36.2 Å². The van der Waals surface area contributed by atoms with Crippen molar-refractivity contribution in [3.8, 4) is 11.5 Å². The number of likely N-dealkylation sites (N-methyl/N-ethyl adjacent to an activating group) is 1. The minimum absolute atomic E-state index is 0.0630. The molecule has 0 radical (unpaired) electrons. The molecule has 2 aliphatic carbocycles. The van der Waals surface area contributed by atoms with Crippen LogP contribution in [0.4, 0.5) is 4.79 Å². The fourth-order valence-corrected chi connectivity index (χ4v) is 8.60. The van der Waals surface area contributed by atoms with Crippen molar-refractivity contribution in [2.45, 2.75) is 94.9 Å². The summed E-state index contributed by atoms with van der Waals surface area (Å²) in [6.45, 7) is 5.03. The molecule has 1 amide bonds. The standard InChI is InChI=1S/C41H54N2O9/c1-3-22-50-41-36(43(2)40(47)49-27-28-13-5-4-6-14-28)26-34(42-52-37-17-9-12-23-48-37)32-24-29(15-7-10-20-44)31(16-8-11-21-45)38(39(32)41)33-25-30(46)18-19-35(33)51-41/h3-6,13-14,18-19,24-25,29,31,36-39,44-46H,1,7-12,15-17,20-23,26-27H2,2H3/t29-,31+,36-,37?,38+,39+,41+/m0/s1. The number of rotatable bonds is 16. The fraction of sp³-hybridized carbons (Fsp3) is 0.561. The van der Waals surface area contributed by atoms with E-state index in [0.717, 1.165) is 61.6 Å². The molecule has 3 N–H and O–H groups in total. The quantitative estimate of drug-likeness (QED) is 0.0970. The summed E-state index contributed by atoms with van der Waals surface area (Å²) in [7, 11) is 1.71. The average Bonchev–Trinajstić information content (AvgIpc) is 3.17.